The van der Waals surface area contributed by atoms with Gasteiger partial charge in [-0.05, 0) is 43.4 Å². The van der Waals surface area contributed by atoms with Crippen molar-refractivity contribution in [1.82, 2.24) is 34.9 Å². The summed E-state index contributed by atoms with van der Waals surface area (Å²) in [6.45, 7) is 2.08. The van der Waals surface area contributed by atoms with Crippen molar-refractivity contribution in [2.75, 3.05) is 41.8 Å². The highest BCUT2D eigenvalue weighted by Gasteiger charge is 2.31. The van der Waals surface area contributed by atoms with Gasteiger partial charge in [0.25, 0.3) is 0 Å². The third kappa shape index (κ3) is 7.49. The number of nitrogens with zero attached hydrogens (tertiary/aromatic N) is 9. The van der Waals surface area contributed by atoms with E-state index in [1.165, 1.54) is 0 Å². The Morgan fingerprint density at radius 2 is 1.79 bits per heavy atom. The lowest BCUT2D eigenvalue weighted by Gasteiger charge is -2.36. The van der Waals surface area contributed by atoms with E-state index in [0.717, 1.165) is 42.4 Å². The van der Waals surface area contributed by atoms with E-state index in [2.05, 4.69) is 26.8 Å². The first kappa shape index (κ1) is 31.5. The Kier molecular flexibility index (Phi) is 9.56. The number of amides is 3. The molecule has 1 aliphatic heterocycles. The maximum atomic E-state index is 13.7. The summed E-state index contributed by atoms with van der Waals surface area (Å²) < 4.78 is 1.75. The van der Waals surface area contributed by atoms with Gasteiger partial charge in [0, 0.05) is 82.3 Å². The second-order valence-electron chi connectivity index (χ2n) is 12.1. The maximum absolute atomic E-state index is 13.7. The van der Waals surface area contributed by atoms with E-state index in [-0.39, 0.29) is 24.0 Å². The minimum atomic E-state index is -0.187. The summed E-state index contributed by atoms with van der Waals surface area (Å²) in [7, 11) is 3.67. The summed E-state index contributed by atoms with van der Waals surface area (Å²) in [5, 5.41) is 20.6. The van der Waals surface area contributed by atoms with Crippen LogP contribution in [0.3, 0.4) is 0 Å². The van der Waals surface area contributed by atoms with Crippen LogP contribution >= 0.6 is 0 Å². The van der Waals surface area contributed by atoms with Crippen LogP contribution in [-0.4, -0.2) is 80.3 Å². The Bertz CT molecular complexity index is 1730. The first-order chi connectivity index (χ1) is 22.9. The number of rotatable bonds is 8. The largest absolute Gasteiger partial charge is 0.353 e. The Balaban J connectivity index is 1.15. The second-order valence-corrected chi connectivity index (χ2v) is 12.1. The quantitative estimate of drug-likeness (QED) is 0.294. The first-order valence-corrected chi connectivity index (χ1v) is 16.0. The van der Waals surface area contributed by atoms with Crippen molar-refractivity contribution >= 4 is 29.5 Å². The highest BCUT2D eigenvalue weighted by Crippen LogP contribution is 2.30. The van der Waals surface area contributed by atoms with Crippen LogP contribution in [0.1, 0.15) is 43.2 Å². The molecule has 4 aromatic rings. The number of urea groups is 1. The van der Waals surface area contributed by atoms with E-state index in [0.29, 0.717) is 55.7 Å². The van der Waals surface area contributed by atoms with Crippen molar-refractivity contribution in [3.05, 3.63) is 78.4 Å². The second kappa shape index (κ2) is 14.3. The number of benzene rings is 1. The van der Waals surface area contributed by atoms with Crippen LogP contribution in [0.15, 0.2) is 67.3 Å². The first-order valence-electron chi connectivity index (χ1n) is 16.0. The van der Waals surface area contributed by atoms with Crippen LogP contribution in [-0.2, 0) is 18.4 Å². The van der Waals surface area contributed by atoms with Gasteiger partial charge in [0.2, 0.25) is 11.9 Å². The molecule has 1 saturated carbocycles. The third-order valence-electron chi connectivity index (χ3n) is 8.85. The number of nitriles is 1. The highest BCUT2D eigenvalue weighted by atomic mass is 16.2. The van der Waals surface area contributed by atoms with Gasteiger partial charge in [0.15, 0.2) is 5.82 Å². The van der Waals surface area contributed by atoms with Gasteiger partial charge in [-0.2, -0.15) is 15.3 Å². The number of anilines is 3. The number of hydrogen-bond donors (Lipinski definition) is 2. The van der Waals surface area contributed by atoms with E-state index in [4.69, 9.17) is 9.97 Å². The van der Waals surface area contributed by atoms with Crippen molar-refractivity contribution in [1.29, 1.82) is 5.26 Å². The summed E-state index contributed by atoms with van der Waals surface area (Å²) in [6.07, 6.45) is 10.5. The number of likely N-dealkylation sites (N-methyl/N-ethyl adjacent to an activating group) is 1. The van der Waals surface area contributed by atoms with Crippen LogP contribution in [0.2, 0.25) is 0 Å². The lowest BCUT2D eigenvalue weighted by molar-refractivity contribution is -0.129. The molecule has 4 heterocycles. The molecule has 2 N–H and O–H groups in total. The smallest absolute Gasteiger partial charge is 0.323 e. The van der Waals surface area contributed by atoms with Crippen LogP contribution in [0.25, 0.3) is 11.1 Å². The number of carbonyl (C=O) groups is 2. The molecule has 2 aliphatic rings. The fourth-order valence-electron chi connectivity index (χ4n) is 6.15. The number of hydrogen-bond acceptors (Lipinski definition) is 9. The van der Waals surface area contributed by atoms with Crippen LogP contribution < -0.4 is 20.4 Å². The Morgan fingerprint density at radius 3 is 2.49 bits per heavy atom. The van der Waals surface area contributed by atoms with E-state index in [1.807, 2.05) is 60.6 Å². The van der Waals surface area contributed by atoms with Gasteiger partial charge in [0.05, 0.1) is 12.4 Å². The Labute approximate surface area is 274 Å². The summed E-state index contributed by atoms with van der Waals surface area (Å²) in [6, 6.07) is 15.8. The zero-order valence-corrected chi connectivity index (χ0v) is 26.7. The van der Waals surface area contributed by atoms with Crippen molar-refractivity contribution in [2.24, 2.45) is 7.05 Å². The zero-order chi connectivity index (χ0) is 32.8. The average molecular weight is 634 g/mol. The Hall–Kier alpha value is -5.51. The SMILES string of the molecule is CN1CCN(c2nc(N[C@H]3CC[C@H](N(C(=O)NCc4ccccc4)c4ccc(-c5cnn(C)c5)cn4)CC3)ncc2C#N)CCC1=O. The summed E-state index contributed by atoms with van der Waals surface area (Å²) in [5.41, 5.74) is 3.30. The molecule has 0 spiro atoms. The monoisotopic (exact) mass is 633 g/mol. The fourth-order valence-corrected chi connectivity index (χ4v) is 6.15. The predicted molar refractivity (Wildman–Crippen MR) is 178 cm³/mol. The van der Waals surface area contributed by atoms with E-state index < -0.39 is 0 Å². The molecule has 3 aromatic heterocycles. The molecular formula is C34H39N11O2. The molecule has 0 atom stereocenters. The predicted octanol–water partition coefficient (Wildman–Crippen LogP) is 3.95. The normalized spacial score (nSPS) is 18.3. The summed E-state index contributed by atoms with van der Waals surface area (Å²) >= 11 is 0. The molecule has 6 rings (SSSR count). The lowest BCUT2D eigenvalue weighted by Crippen LogP contribution is -2.49. The molecule has 1 aliphatic carbocycles. The van der Waals surface area contributed by atoms with Crippen LogP contribution in [0, 0.1) is 11.3 Å². The molecule has 0 bridgehead atoms. The number of carbonyl (C=O) groups excluding carboxylic acids is 2. The molecule has 3 amide bonds. The molecule has 0 radical (unpaired) electrons. The number of aryl methyl sites for hydroxylation is 1. The van der Waals surface area contributed by atoms with Gasteiger partial charge in [0.1, 0.15) is 17.5 Å². The van der Waals surface area contributed by atoms with Crippen molar-refractivity contribution < 1.29 is 9.59 Å². The minimum absolute atomic E-state index is 0.0513. The summed E-state index contributed by atoms with van der Waals surface area (Å²) in [5.74, 6) is 1.68. The van der Waals surface area contributed by atoms with Crippen LogP contribution in [0.4, 0.5) is 22.4 Å². The van der Waals surface area contributed by atoms with E-state index in [9.17, 15) is 14.9 Å². The number of nitrogens with one attached hydrogen (secondary N) is 2. The fraction of sp³-hybridized carbons (Fsp3) is 0.382. The van der Waals surface area contributed by atoms with Gasteiger partial charge >= 0.3 is 6.03 Å². The third-order valence-corrected chi connectivity index (χ3v) is 8.85. The van der Waals surface area contributed by atoms with Crippen molar-refractivity contribution in [3.8, 4) is 17.2 Å². The van der Waals surface area contributed by atoms with Crippen LogP contribution in [0.5, 0.6) is 0 Å². The van der Waals surface area contributed by atoms with Crippen molar-refractivity contribution in [3.63, 3.8) is 0 Å². The van der Waals surface area contributed by atoms with Gasteiger partial charge in [-0.1, -0.05) is 30.3 Å². The van der Waals surface area contributed by atoms with E-state index in [1.54, 1.807) is 40.1 Å². The highest BCUT2D eigenvalue weighted by molar-refractivity contribution is 5.91. The maximum Gasteiger partial charge on any atom is 0.323 e. The molecule has 1 aromatic carbocycles. The van der Waals surface area contributed by atoms with Gasteiger partial charge in [-0.25, -0.2) is 14.8 Å². The number of aromatic nitrogens is 5. The van der Waals surface area contributed by atoms with Gasteiger partial charge < -0.3 is 20.4 Å². The molecular weight excluding hydrogens is 594 g/mol. The molecule has 2 fully saturated rings. The molecule has 13 nitrogen and oxygen atoms in total. The average Bonchev–Trinajstić information content (AvgIpc) is 3.47. The standard InChI is InChI=1S/C34H39N11O2/c1-42-16-17-44(15-14-31(42)46)32-26(18-35)21-37-33(41-32)40-28-9-11-29(12-10-28)45(34(47)38-19-24-6-4-3-5-7-24)30-13-8-25(20-36-30)27-22-39-43(2)23-27/h3-8,13,20-23,28-29H,9-12,14-17,19H2,1-2H3,(H,38,47)(H,37,40,41)/t28-,29-. The zero-order valence-electron chi connectivity index (χ0n) is 26.7. The minimum Gasteiger partial charge on any atom is -0.353 e. The molecule has 242 valence electrons. The van der Waals surface area contributed by atoms with Crippen molar-refractivity contribution in [2.45, 2.75) is 50.7 Å². The summed E-state index contributed by atoms with van der Waals surface area (Å²) in [4.78, 5) is 45.3. The topological polar surface area (TPSA) is 148 Å². The molecule has 1 saturated heterocycles. The molecule has 13 heteroatoms. The Morgan fingerprint density at radius 1 is 0.979 bits per heavy atom. The van der Waals surface area contributed by atoms with E-state index >= 15 is 0 Å². The lowest BCUT2D eigenvalue weighted by atomic mass is 9.90. The van der Waals surface area contributed by atoms with Gasteiger partial charge in [-0.15, -0.1) is 0 Å². The van der Waals surface area contributed by atoms with Gasteiger partial charge in [-0.3, -0.25) is 14.4 Å². The number of pyridine rings is 1. The molecule has 47 heavy (non-hydrogen) atoms. The molecule has 0 unspecified atom stereocenters.